The largest absolute Gasteiger partial charge is 0.297 e. The summed E-state index contributed by atoms with van der Waals surface area (Å²) in [5.74, 6) is -0.194. The summed E-state index contributed by atoms with van der Waals surface area (Å²) in [5, 5.41) is 12.0. The second-order valence-corrected chi connectivity index (χ2v) is 5.15. The van der Waals surface area contributed by atoms with Gasteiger partial charge in [-0.05, 0) is 25.0 Å². The highest BCUT2D eigenvalue weighted by Crippen LogP contribution is 2.15. The van der Waals surface area contributed by atoms with Gasteiger partial charge in [0.2, 0.25) is 11.0 Å². The number of carbonyl (C=O) groups excluding carboxylic acids is 1. The lowest BCUT2D eigenvalue weighted by Crippen LogP contribution is -2.07. The van der Waals surface area contributed by atoms with Gasteiger partial charge in [-0.15, -0.1) is 10.2 Å². The Bertz CT molecular complexity index is 604. The van der Waals surface area contributed by atoms with Crippen LogP contribution in [0.5, 0.6) is 0 Å². The van der Waals surface area contributed by atoms with Crippen molar-refractivity contribution in [1.82, 2.24) is 10.2 Å². The number of rotatable bonds is 4. The summed E-state index contributed by atoms with van der Waals surface area (Å²) in [5.41, 5.74) is 2.17. The number of nitrogens with zero attached hydrogens (tertiary/aromatic N) is 2. The van der Waals surface area contributed by atoms with Crippen molar-refractivity contribution in [3.8, 4) is 0 Å². The topological polar surface area (TPSA) is 54.9 Å². The van der Waals surface area contributed by atoms with Crippen molar-refractivity contribution >= 4 is 28.5 Å². The molecule has 1 amide bonds. The lowest BCUT2D eigenvalue weighted by molar-refractivity contribution is -0.111. The summed E-state index contributed by atoms with van der Waals surface area (Å²) < 4.78 is 0. The van der Waals surface area contributed by atoms with Gasteiger partial charge in [-0.25, -0.2) is 0 Å². The van der Waals surface area contributed by atoms with Crippen LogP contribution in [0.4, 0.5) is 5.13 Å². The number of hydrogen-bond donors (Lipinski definition) is 1. The van der Waals surface area contributed by atoms with E-state index in [0.29, 0.717) is 5.13 Å². The maximum absolute atomic E-state index is 11.7. The summed E-state index contributed by atoms with van der Waals surface area (Å²) in [6.07, 6.45) is 4.11. The Morgan fingerprint density at radius 2 is 2.26 bits per heavy atom. The third-order valence-electron chi connectivity index (χ3n) is 2.47. The average Bonchev–Trinajstić information content (AvgIpc) is 2.84. The third kappa shape index (κ3) is 3.99. The Morgan fingerprint density at radius 1 is 1.42 bits per heavy atom. The molecule has 1 heterocycles. The van der Waals surface area contributed by atoms with Crippen molar-refractivity contribution in [3.05, 3.63) is 46.5 Å². The van der Waals surface area contributed by atoms with Crippen molar-refractivity contribution in [1.29, 1.82) is 0 Å². The molecule has 1 N–H and O–H groups in total. The monoisotopic (exact) mass is 273 g/mol. The van der Waals surface area contributed by atoms with E-state index in [-0.39, 0.29) is 5.91 Å². The Balaban J connectivity index is 1.97. The normalized spacial score (nSPS) is 10.8. The molecular weight excluding hydrogens is 258 g/mol. The van der Waals surface area contributed by atoms with Crippen molar-refractivity contribution < 1.29 is 4.79 Å². The summed E-state index contributed by atoms with van der Waals surface area (Å²) in [6, 6.07) is 7.96. The van der Waals surface area contributed by atoms with Crippen LogP contribution in [-0.4, -0.2) is 16.1 Å². The molecule has 0 fully saturated rings. The number of nitrogens with one attached hydrogen (secondary N) is 1. The van der Waals surface area contributed by atoms with Crippen molar-refractivity contribution in [2.45, 2.75) is 20.3 Å². The first-order valence-electron chi connectivity index (χ1n) is 6.05. The highest BCUT2D eigenvalue weighted by Gasteiger charge is 2.04. The van der Waals surface area contributed by atoms with Crippen LogP contribution >= 0.6 is 11.3 Å². The molecular formula is C14H15N3OS. The maximum atomic E-state index is 11.7. The van der Waals surface area contributed by atoms with Crippen LogP contribution in [-0.2, 0) is 11.2 Å². The number of amides is 1. The Labute approximate surface area is 116 Å². The van der Waals surface area contributed by atoms with Crippen LogP contribution in [0.2, 0.25) is 0 Å². The van der Waals surface area contributed by atoms with E-state index in [1.807, 2.05) is 38.1 Å². The number of carbonyl (C=O) groups is 1. The van der Waals surface area contributed by atoms with Crippen LogP contribution in [0.1, 0.15) is 23.1 Å². The summed E-state index contributed by atoms with van der Waals surface area (Å²) in [7, 11) is 0. The molecule has 19 heavy (non-hydrogen) atoms. The van der Waals surface area contributed by atoms with Crippen LogP contribution in [0.3, 0.4) is 0 Å². The molecule has 0 aliphatic heterocycles. The van der Waals surface area contributed by atoms with E-state index in [2.05, 4.69) is 15.5 Å². The Morgan fingerprint density at radius 3 is 2.95 bits per heavy atom. The fraction of sp³-hybridized carbons (Fsp3) is 0.214. The molecule has 1 aromatic heterocycles. The fourth-order valence-electron chi connectivity index (χ4n) is 1.54. The van der Waals surface area contributed by atoms with E-state index < -0.39 is 0 Å². The summed E-state index contributed by atoms with van der Waals surface area (Å²) >= 11 is 1.40. The van der Waals surface area contributed by atoms with Crippen molar-refractivity contribution in [2.75, 3.05) is 5.32 Å². The number of aromatic nitrogens is 2. The van der Waals surface area contributed by atoms with Crippen molar-refractivity contribution in [2.24, 2.45) is 0 Å². The molecule has 4 nitrogen and oxygen atoms in total. The van der Waals surface area contributed by atoms with E-state index >= 15 is 0 Å². The molecule has 5 heteroatoms. The van der Waals surface area contributed by atoms with Gasteiger partial charge in [-0.2, -0.15) is 0 Å². The Kier molecular flexibility index (Phi) is 4.41. The third-order valence-corrected chi connectivity index (χ3v) is 3.45. The van der Waals surface area contributed by atoms with E-state index in [9.17, 15) is 4.79 Å². The zero-order valence-corrected chi connectivity index (χ0v) is 11.7. The van der Waals surface area contributed by atoms with Gasteiger partial charge in [0.1, 0.15) is 5.01 Å². The molecule has 0 saturated carbocycles. The van der Waals surface area contributed by atoms with Gasteiger partial charge in [0.25, 0.3) is 0 Å². The van der Waals surface area contributed by atoms with Crippen LogP contribution in [0.15, 0.2) is 30.3 Å². The molecule has 0 saturated heterocycles. The van der Waals surface area contributed by atoms with Gasteiger partial charge in [0, 0.05) is 6.08 Å². The highest BCUT2D eigenvalue weighted by molar-refractivity contribution is 7.15. The van der Waals surface area contributed by atoms with Crippen LogP contribution < -0.4 is 5.32 Å². The first kappa shape index (κ1) is 13.4. The van der Waals surface area contributed by atoms with Crippen LogP contribution in [0.25, 0.3) is 6.08 Å². The second-order valence-electron chi connectivity index (χ2n) is 4.09. The standard InChI is InChI=1S/C14H15N3OS/c1-3-13-16-17-14(19-13)15-12(18)8-7-11-6-4-5-10(2)9-11/h4-9H,3H2,1-2H3,(H,15,17,18). The van der Waals surface area contributed by atoms with Gasteiger partial charge < -0.3 is 0 Å². The Hall–Kier alpha value is -2.01. The minimum atomic E-state index is -0.194. The van der Waals surface area contributed by atoms with Gasteiger partial charge in [-0.1, -0.05) is 48.1 Å². The molecule has 0 radical (unpaired) electrons. The minimum Gasteiger partial charge on any atom is -0.297 e. The molecule has 0 aliphatic carbocycles. The second kappa shape index (κ2) is 6.24. The van der Waals surface area contributed by atoms with E-state index in [0.717, 1.165) is 17.0 Å². The van der Waals surface area contributed by atoms with Crippen molar-refractivity contribution in [3.63, 3.8) is 0 Å². The van der Waals surface area contributed by atoms with E-state index in [1.165, 1.54) is 23.0 Å². The lowest BCUT2D eigenvalue weighted by Gasteiger charge is -1.96. The average molecular weight is 273 g/mol. The van der Waals surface area contributed by atoms with Gasteiger partial charge in [0.05, 0.1) is 0 Å². The zero-order valence-electron chi connectivity index (χ0n) is 10.9. The van der Waals surface area contributed by atoms with Gasteiger partial charge >= 0.3 is 0 Å². The first-order valence-corrected chi connectivity index (χ1v) is 6.87. The smallest absolute Gasteiger partial charge is 0.250 e. The van der Waals surface area contributed by atoms with Gasteiger partial charge in [0.15, 0.2) is 0 Å². The molecule has 0 unspecified atom stereocenters. The first-order chi connectivity index (χ1) is 9.17. The molecule has 2 rings (SSSR count). The molecule has 0 spiro atoms. The quantitative estimate of drug-likeness (QED) is 0.871. The fourth-order valence-corrected chi connectivity index (χ4v) is 2.22. The number of anilines is 1. The van der Waals surface area contributed by atoms with Gasteiger partial charge in [-0.3, -0.25) is 10.1 Å². The highest BCUT2D eigenvalue weighted by atomic mass is 32.1. The predicted molar refractivity (Wildman–Crippen MR) is 78.1 cm³/mol. The number of benzene rings is 1. The summed E-state index contributed by atoms with van der Waals surface area (Å²) in [4.78, 5) is 11.7. The number of hydrogen-bond acceptors (Lipinski definition) is 4. The molecule has 98 valence electrons. The summed E-state index contributed by atoms with van der Waals surface area (Å²) in [6.45, 7) is 4.02. The number of aryl methyl sites for hydroxylation is 2. The van der Waals surface area contributed by atoms with E-state index in [4.69, 9.17) is 0 Å². The zero-order chi connectivity index (χ0) is 13.7. The molecule has 0 aliphatic rings. The minimum absolute atomic E-state index is 0.194. The molecule has 1 aromatic carbocycles. The lowest BCUT2D eigenvalue weighted by atomic mass is 10.1. The SMILES string of the molecule is CCc1nnc(NC(=O)C=Cc2cccc(C)c2)s1. The van der Waals surface area contributed by atoms with E-state index in [1.54, 1.807) is 6.08 Å². The molecule has 2 aromatic rings. The maximum Gasteiger partial charge on any atom is 0.250 e. The molecule has 0 bridgehead atoms. The predicted octanol–water partition coefficient (Wildman–Crippen LogP) is 3.06. The molecule has 0 atom stereocenters. The van der Waals surface area contributed by atoms with Crippen LogP contribution in [0, 0.1) is 6.92 Å².